The van der Waals surface area contributed by atoms with Crippen molar-refractivity contribution < 1.29 is 19.1 Å². The molecule has 0 radical (unpaired) electrons. The van der Waals surface area contributed by atoms with Crippen LogP contribution < -0.4 is 14.8 Å². The van der Waals surface area contributed by atoms with Gasteiger partial charge in [0.25, 0.3) is 0 Å². The second kappa shape index (κ2) is 7.78. The van der Waals surface area contributed by atoms with E-state index in [2.05, 4.69) is 5.32 Å². The number of benzene rings is 2. The Morgan fingerprint density at radius 2 is 1.69 bits per heavy atom. The molecular weight excluding hydrogens is 368 g/mol. The first-order chi connectivity index (χ1) is 13.7. The fraction of sp³-hybridized carbons (Fsp3) is 0.391. The van der Waals surface area contributed by atoms with Crippen molar-refractivity contribution in [2.75, 3.05) is 26.1 Å². The van der Waals surface area contributed by atoms with E-state index >= 15 is 0 Å². The molecule has 2 aromatic carbocycles. The van der Waals surface area contributed by atoms with Crippen LogP contribution in [0.25, 0.3) is 0 Å². The number of anilines is 1. The van der Waals surface area contributed by atoms with Gasteiger partial charge in [0.05, 0.1) is 19.6 Å². The molecule has 2 aromatic rings. The minimum absolute atomic E-state index is 0.0556. The van der Waals surface area contributed by atoms with E-state index in [4.69, 9.17) is 9.47 Å². The van der Waals surface area contributed by atoms with E-state index in [0.717, 1.165) is 5.56 Å². The molecule has 29 heavy (non-hydrogen) atoms. The number of carbonyl (C=O) groups is 2. The summed E-state index contributed by atoms with van der Waals surface area (Å²) in [7, 11) is 3.10. The summed E-state index contributed by atoms with van der Waals surface area (Å²) in [6.45, 7) is 6.17. The molecule has 1 atom stereocenters. The van der Waals surface area contributed by atoms with Gasteiger partial charge >= 0.3 is 0 Å². The molecule has 3 rings (SSSR count). The van der Waals surface area contributed by atoms with Crippen molar-refractivity contribution in [1.82, 2.24) is 4.90 Å². The van der Waals surface area contributed by atoms with Gasteiger partial charge in [0.15, 0.2) is 11.5 Å². The Morgan fingerprint density at radius 1 is 1.03 bits per heavy atom. The number of amides is 2. The quantitative estimate of drug-likeness (QED) is 0.810. The standard InChI is InChI=1S/C23H28N2O4/c1-22(2,16-9-7-6-8-10-16)21(27)25-14-13-23(25,3)20(26)24-17-11-12-18(28-4)19(15-17)29-5/h6-12,15H,13-14H2,1-5H3,(H,24,26). The Hall–Kier alpha value is -3.02. The maximum atomic E-state index is 13.3. The number of rotatable bonds is 6. The van der Waals surface area contributed by atoms with Crippen molar-refractivity contribution in [3.63, 3.8) is 0 Å². The van der Waals surface area contributed by atoms with E-state index in [9.17, 15) is 9.59 Å². The molecule has 1 aliphatic rings. The monoisotopic (exact) mass is 396 g/mol. The lowest BCUT2D eigenvalue weighted by molar-refractivity contribution is -0.158. The molecule has 154 valence electrons. The van der Waals surface area contributed by atoms with Crippen LogP contribution in [0, 0.1) is 0 Å². The van der Waals surface area contributed by atoms with Gasteiger partial charge in [0.1, 0.15) is 5.54 Å². The fourth-order valence-electron chi connectivity index (χ4n) is 3.62. The smallest absolute Gasteiger partial charge is 0.250 e. The lowest BCUT2D eigenvalue weighted by Gasteiger charge is -2.51. The molecule has 0 bridgehead atoms. The van der Waals surface area contributed by atoms with Crippen molar-refractivity contribution in [3.8, 4) is 11.5 Å². The zero-order valence-corrected chi connectivity index (χ0v) is 17.6. The Bertz CT molecular complexity index is 910. The van der Waals surface area contributed by atoms with Crippen LogP contribution in [0.5, 0.6) is 11.5 Å². The van der Waals surface area contributed by atoms with Crippen LogP contribution in [0.15, 0.2) is 48.5 Å². The average molecular weight is 396 g/mol. The lowest BCUT2D eigenvalue weighted by atomic mass is 9.77. The van der Waals surface area contributed by atoms with E-state index in [1.165, 1.54) is 0 Å². The molecular formula is C23H28N2O4. The Kier molecular flexibility index (Phi) is 5.55. The van der Waals surface area contributed by atoms with E-state index in [0.29, 0.717) is 30.2 Å². The number of likely N-dealkylation sites (tertiary alicyclic amines) is 1. The molecule has 1 unspecified atom stereocenters. The van der Waals surface area contributed by atoms with Gasteiger partial charge in [-0.1, -0.05) is 30.3 Å². The first-order valence-electron chi connectivity index (χ1n) is 9.65. The number of carbonyl (C=O) groups excluding carboxylic acids is 2. The Balaban J connectivity index is 1.78. The molecule has 2 amide bonds. The van der Waals surface area contributed by atoms with Crippen LogP contribution in [-0.4, -0.2) is 43.0 Å². The van der Waals surface area contributed by atoms with E-state index in [-0.39, 0.29) is 11.8 Å². The summed E-state index contributed by atoms with van der Waals surface area (Å²) in [6.07, 6.45) is 0.614. The molecule has 1 heterocycles. The summed E-state index contributed by atoms with van der Waals surface area (Å²) in [5, 5.41) is 2.92. The van der Waals surface area contributed by atoms with Crippen LogP contribution >= 0.6 is 0 Å². The number of nitrogens with one attached hydrogen (secondary N) is 1. The van der Waals surface area contributed by atoms with Crippen molar-refractivity contribution in [3.05, 3.63) is 54.1 Å². The minimum Gasteiger partial charge on any atom is -0.493 e. The molecule has 0 aliphatic carbocycles. The second-order valence-corrected chi connectivity index (χ2v) is 8.00. The zero-order valence-electron chi connectivity index (χ0n) is 17.6. The molecule has 0 aromatic heterocycles. The summed E-state index contributed by atoms with van der Waals surface area (Å²) in [5.74, 6) is 0.845. The third kappa shape index (κ3) is 3.67. The zero-order chi connectivity index (χ0) is 21.2. The molecule has 1 aliphatic heterocycles. The summed E-state index contributed by atoms with van der Waals surface area (Å²) in [6, 6.07) is 14.8. The first-order valence-corrected chi connectivity index (χ1v) is 9.65. The predicted octanol–water partition coefficient (Wildman–Crippen LogP) is 3.61. The molecule has 1 saturated heterocycles. The predicted molar refractivity (Wildman–Crippen MR) is 112 cm³/mol. The van der Waals surface area contributed by atoms with Gasteiger partial charge in [0, 0.05) is 18.3 Å². The van der Waals surface area contributed by atoms with Crippen molar-refractivity contribution in [2.45, 2.75) is 38.1 Å². The molecule has 1 fully saturated rings. The molecule has 0 saturated carbocycles. The van der Waals surface area contributed by atoms with E-state index in [1.807, 2.05) is 51.1 Å². The SMILES string of the molecule is COc1ccc(NC(=O)C2(C)CCN2C(=O)C(C)(C)c2ccccc2)cc1OC. The summed E-state index contributed by atoms with van der Waals surface area (Å²) >= 11 is 0. The molecule has 6 nitrogen and oxygen atoms in total. The highest BCUT2D eigenvalue weighted by atomic mass is 16.5. The van der Waals surface area contributed by atoms with Crippen molar-refractivity contribution >= 4 is 17.5 Å². The van der Waals surface area contributed by atoms with Crippen LogP contribution in [0.1, 0.15) is 32.8 Å². The Morgan fingerprint density at radius 3 is 2.24 bits per heavy atom. The van der Waals surface area contributed by atoms with Gasteiger partial charge in [-0.15, -0.1) is 0 Å². The highest BCUT2D eigenvalue weighted by molar-refractivity contribution is 6.03. The van der Waals surface area contributed by atoms with Crippen molar-refractivity contribution in [1.29, 1.82) is 0 Å². The van der Waals surface area contributed by atoms with E-state index < -0.39 is 11.0 Å². The number of hydrogen-bond acceptors (Lipinski definition) is 4. The number of methoxy groups -OCH3 is 2. The fourth-order valence-corrected chi connectivity index (χ4v) is 3.62. The summed E-state index contributed by atoms with van der Waals surface area (Å²) in [4.78, 5) is 28.1. The third-order valence-electron chi connectivity index (χ3n) is 5.82. The van der Waals surface area contributed by atoms with Crippen LogP contribution in [-0.2, 0) is 15.0 Å². The topological polar surface area (TPSA) is 67.9 Å². The number of ether oxygens (including phenoxy) is 2. The summed E-state index contributed by atoms with van der Waals surface area (Å²) in [5.41, 5.74) is -0.0851. The van der Waals surface area contributed by atoms with E-state index in [1.54, 1.807) is 37.3 Å². The third-order valence-corrected chi connectivity index (χ3v) is 5.82. The number of hydrogen-bond donors (Lipinski definition) is 1. The highest BCUT2D eigenvalue weighted by Gasteiger charge is 2.52. The first kappa shape index (κ1) is 20.7. The lowest BCUT2D eigenvalue weighted by Crippen LogP contribution is -2.68. The van der Waals surface area contributed by atoms with Gasteiger partial charge in [-0.2, -0.15) is 0 Å². The second-order valence-electron chi connectivity index (χ2n) is 8.00. The van der Waals surface area contributed by atoms with Gasteiger partial charge in [-0.25, -0.2) is 0 Å². The van der Waals surface area contributed by atoms with Crippen molar-refractivity contribution in [2.24, 2.45) is 0 Å². The highest BCUT2D eigenvalue weighted by Crippen LogP contribution is 2.38. The van der Waals surface area contributed by atoms with Crippen LogP contribution in [0.2, 0.25) is 0 Å². The van der Waals surface area contributed by atoms with Gasteiger partial charge in [0.2, 0.25) is 11.8 Å². The summed E-state index contributed by atoms with van der Waals surface area (Å²) < 4.78 is 10.5. The molecule has 0 spiro atoms. The van der Waals surface area contributed by atoms with Crippen LogP contribution in [0.3, 0.4) is 0 Å². The largest absolute Gasteiger partial charge is 0.493 e. The molecule has 1 N–H and O–H groups in total. The van der Waals surface area contributed by atoms with Gasteiger partial charge in [-0.3, -0.25) is 9.59 Å². The maximum absolute atomic E-state index is 13.3. The Labute approximate surface area is 171 Å². The minimum atomic E-state index is -0.893. The van der Waals surface area contributed by atoms with Gasteiger partial charge in [-0.05, 0) is 44.9 Å². The number of nitrogens with zero attached hydrogens (tertiary/aromatic N) is 1. The average Bonchev–Trinajstić information content (AvgIpc) is 2.72. The normalized spacial score (nSPS) is 18.6. The van der Waals surface area contributed by atoms with Gasteiger partial charge < -0.3 is 19.7 Å². The molecule has 6 heteroatoms. The van der Waals surface area contributed by atoms with Crippen LogP contribution in [0.4, 0.5) is 5.69 Å². The maximum Gasteiger partial charge on any atom is 0.250 e.